The van der Waals surface area contributed by atoms with Gasteiger partial charge < -0.3 is 0 Å². The molecule has 0 saturated heterocycles. The van der Waals surface area contributed by atoms with Crippen LogP contribution in [0, 0.1) is 0 Å². The van der Waals surface area contributed by atoms with Gasteiger partial charge in [0.25, 0.3) is 0 Å². The third kappa shape index (κ3) is 2.32. The highest BCUT2D eigenvalue weighted by Gasteiger charge is 2.11. The van der Waals surface area contributed by atoms with E-state index in [1.807, 2.05) is 0 Å². The summed E-state index contributed by atoms with van der Waals surface area (Å²) in [5.41, 5.74) is 0.812. The van der Waals surface area contributed by atoms with Crippen molar-refractivity contribution in [1.29, 1.82) is 0 Å². The van der Waals surface area contributed by atoms with Gasteiger partial charge in [-0.15, -0.1) is 0 Å². The highest BCUT2D eigenvalue weighted by atomic mass is 31.1. The zero-order valence-corrected chi connectivity index (χ0v) is 9.01. The van der Waals surface area contributed by atoms with Crippen molar-refractivity contribution in [3.63, 3.8) is 0 Å². The zero-order chi connectivity index (χ0) is 8.97. The Hall–Kier alpha value is -0.350. The SMILES string of the molecule is CCP(c1ccccc1)C(C)C. The lowest BCUT2D eigenvalue weighted by Gasteiger charge is -2.19. The second kappa shape index (κ2) is 4.62. The smallest absolute Gasteiger partial charge is 0.0226 e. The maximum absolute atomic E-state index is 2.32. The van der Waals surface area contributed by atoms with Gasteiger partial charge in [-0.1, -0.05) is 59.0 Å². The molecule has 1 rings (SSSR count). The van der Waals surface area contributed by atoms with E-state index in [9.17, 15) is 0 Å². The van der Waals surface area contributed by atoms with Crippen molar-refractivity contribution in [2.75, 3.05) is 6.16 Å². The molecule has 1 aromatic rings. The van der Waals surface area contributed by atoms with Gasteiger partial charge in [0, 0.05) is 0 Å². The Labute approximate surface area is 76.8 Å². The molecule has 0 fully saturated rings. The maximum atomic E-state index is 2.32. The molecule has 0 aliphatic heterocycles. The Bertz CT molecular complexity index is 216. The van der Waals surface area contributed by atoms with Crippen molar-refractivity contribution >= 4 is 13.2 Å². The molecule has 0 nitrogen and oxygen atoms in total. The summed E-state index contributed by atoms with van der Waals surface area (Å²) in [7, 11) is 0.0874. The molecule has 0 radical (unpaired) electrons. The second-order valence-corrected chi connectivity index (χ2v) is 6.34. The Morgan fingerprint density at radius 2 is 1.75 bits per heavy atom. The van der Waals surface area contributed by atoms with Crippen LogP contribution < -0.4 is 5.30 Å². The Balaban J connectivity index is 2.80. The van der Waals surface area contributed by atoms with Crippen LogP contribution in [0.15, 0.2) is 30.3 Å². The molecule has 1 atom stereocenters. The molecule has 0 bridgehead atoms. The first-order valence-corrected chi connectivity index (χ1v) is 6.17. The summed E-state index contributed by atoms with van der Waals surface area (Å²) in [5, 5.41) is 1.55. The lowest BCUT2D eigenvalue weighted by Crippen LogP contribution is -2.08. The van der Waals surface area contributed by atoms with E-state index in [0.717, 1.165) is 5.66 Å². The molecular formula is C11H17P. The van der Waals surface area contributed by atoms with Gasteiger partial charge in [-0.3, -0.25) is 0 Å². The van der Waals surface area contributed by atoms with Gasteiger partial charge in [0.2, 0.25) is 0 Å². The molecule has 1 heteroatoms. The van der Waals surface area contributed by atoms with Gasteiger partial charge in [0.15, 0.2) is 0 Å². The third-order valence-electron chi connectivity index (χ3n) is 2.05. The predicted octanol–water partition coefficient (Wildman–Crippen LogP) is 3.22. The quantitative estimate of drug-likeness (QED) is 0.626. The van der Waals surface area contributed by atoms with E-state index in [-0.39, 0.29) is 7.92 Å². The third-order valence-corrected chi connectivity index (χ3v) is 4.94. The molecule has 1 aromatic carbocycles. The topological polar surface area (TPSA) is 0 Å². The summed E-state index contributed by atoms with van der Waals surface area (Å²) in [6.45, 7) is 6.93. The van der Waals surface area contributed by atoms with Gasteiger partial charge >= 0.3 is 0 Å². The van der Waals surface area contributed by atoms with Crippen LogP contribution in [0.2, 0.25) is 0 Å². The monoisotopic (exact) mass is 180 g/mol. The van der Waals surface area contributed by atoms with E-state index in [2.05, 4.69) is 51.1 Å². The Morgan fingerprint density at radius 3 is 2.17 bits per heavy atom. The van der Waals surface area contributed by atoms with Crippen LogP contribution in [-0.4, -0.2) is 11.8 Å². The predicted molar refractivity (Wildman–Crippen MR) is 58.7 cm³/mol. The van der Waals surface area contributed by atoms with Crippen LogP contribution in [0.5, 0.6) is 0 Å². The minimum atomic E-state index is 0.0874. The molecule has 0 aliphatic carbocycles. The summed E-state index contributed by atoms with van der Waals surface area (Å²) in [4.78, 5) is 0. The minimum Gasteiger partial charge on any atom is -0.0730 e. The molecule has 0 saturated carbocycles. The summed E-state index contributed by atoms with van der Waals surface area (Å²) < 4.78 is 0. The average molecular weight is 180 g/mol. The van der Waals surface area contributed by atoms with Gasteiger partial charge in [-0.05, 0) is 17.1 Å². The van der Waals surface area contributed by atoms with Crippen molar-refractivity contribution in [2.24, 2.45) is 0 Å². The zero-order valence-electron chi connectivity index (χ0n) is 8.12. The second-order valence-electron chi connectivity index (χ2n) is 3.22. The summed E-state index contributed by atoms with van der Waals surface area (Å²) in [5.74, 6) is 0. The molecule has 0 amide bonds. The van der Waals surface area contributed by atoms with E-state index >= 15 is 0 Å². The fourth-order valence-electron chi connectivity index (χ4n) is 1.47. The van der Waals surface area contributed by atoms with Crippen LogP contribution >= 0.6 is 7.92 Å². The molecule has 0 aromatic heterocycles. The number of benzene rings is 1. The van der Waals surface area contributed by atoms with E-state index in [4.69, 9.17) is 0 Å². The highest BCUT2D eigenvalue weighted by Crippen LogP contribution is 2.38. The summed E-state index contributed by atoms with van der Waals surface area (Å²) in [6, 6.07) is 10.9. The van der Waals surface area contributed by atoms with Crippen molar-refractivity contribution in [1.82, 2.24) is 0 Å². The van der Waals surface area contributed by atoms with E-state index in [1.54, 1.807) is 5.30 Å². The van der Waals surface area contributed by atoms with Gasteiger partial charge in [-0.25, -0.2) is 0 Å². The lowest BCUT2D eigenvalue weighted by atomic mass is 10.4. The van der Waals surface area contributed by atoms with E-state index in [1.165, 1.54) is 6.16 Å². The first-order valence-electron chi connectivity index (χ1n) is 4.57. The van der Waals surface area contributed by atoms with Crippen molar-refractivity contribution in [2.45, 2.75) is 26.4 Å². The Kier molecular flexibility index (Phi) is 3.75. The van der Waals surface area contributed by atoms with Crippen LogP contribution in [-0.2, 0) is 0 Å². The molecule has 0 heterocycles. The summed E-state index contributed by atoms with van der Waals surface area (Å²) >= 11 is 0. The summed E-state index contributed by atoms with van der Waals surface area (Å²) in [6.07, 6.45) is 1.30. The minimum absolute atomic E-state index is 0.0874. The largest absolute Gasteiger partial charge is 0.0730 e. The normalized spacial score (nSPS) is 13.3. The standard InChI is InChI=1S/C11H17P/c1-4-12(10(2)3)11-8-6-5-7-9-11/h5-10H,4H2,1-3H3. The van der Waals surface area contributed by atoms with Gasteiger partial charge in [-0.2, -0.15) is 0 Å². The molecule has 12 heavy (non-hydrogen) atoms. The lowest BCUT2D eigenvalue weighted by molar-refractivity contribution is 1.09. The van der Waals surface area contributed by atoms with Crippen molar-refractivity contribution in [3.05, 3.63) is 30.3 Å². The first kappa shape index (κ1) is 9.74. The maximum Gasteiger partial charge on any atom is -0.0226 e. The van der Waals surface area contributed by atoms with Gasteiger partial charge in [0.1, 0.15) is 0 Å². The molecule has 0 spiro atoms. The number of hydrogen-bond acceptors (Lipinski definition) is 0. The Morgan fingerprint density at radius 1 is 1.17 bits per heavy atom. The van der Waals surface area contributed by atoms with E-state index < -0.39 is 0 Å². The number of rotatable bonds is 3. The first-order chi connectivity index (χ1) is 5.75. The average Bonchev–Trinajstić information content (AvgIpc) is 2.07. The van der Waals surface area contributed by atoms with Crippen molar-refractivity contribution < 1.29 is 0 Å². The van der Waals surface area contributed by atoms with Crippen LogP contribution in [0.25, 0.3) is 0 Å². The fourth-order valence-corrected chi connectivity index (χ4v) is 3.71. The van der Waals surface area contributed by atoms with Crippen LogP contribution in [0.4, 0.5) is 0 Å². The molecular weight excluding hydrogens is 163 g/mol. The van der Waals surface area contributed by atoms with Crippen LogP contribution in [0.1, 0.15) is 20.8 Å². The molecule has 1 unspecified atom stereocenters. The van der Waals surface area contributed by atoms with Crippen LogP contribution in [0.3, 0.4) is 0 Å². The molecule has 0 aliphatic rings. The number of hydrogen-bond donors (Lipinski definition) is 0. The molecule has 0 N–H and O–H groups in total. The van der Waals surface area contributed by atoms with Crippen molar-refractivity contribution in [3.8, 4) is 0 Å². The fraction of sp³-hybridized carbons (Fsp3) is 0.455. The molecule has 66 valence electrons. The van der Waals surface area contributed by atoms with Gasteiger partial charge in [0.05, 0.1) is 0 Å². The highest BCUT2D eigenvalue weighted by molar-refractivity contribution is 7.66. The van der Waals surface area contributed by atoms with E-state index in [0.29, 0.717) is 0 Å².